The van der Waals surface area contributed by atoms with Gasteiger partial charge in [-0.1, -0.05) is 18.2 Å². The first-order valence-electron chi connectivity index (χ1n) is 9.61. The number of ether oxygens (including phenoxy) is 2. The Morgan fingerprint density at radius 3 is 2.90 bits per heavy atom. The quantitative estimate of drug-likeness (QED) is 0.572. The van der Waals surface area contributed by atoms with E-state index in [1.54, 1.807) is 30.2 Å². The second kappa shape index (κ2) is 8.77. The summed E-state index contributed by atoms with van der Waals surface area (Å²) in [6.07, 6.45) is 3.25. The Labute approximate surface area is 183 Å². The molecule has 1 fully saturated rings. The van der Waals surface area contributed by atoms with Crippen molar-refractivity contribution >= 4 is 39.9 Å². The average molecular weight is 443 g/mol. The molecule has 0 radical (unpaired) electrons. The topological polar surface area (TPSA) is 76.6 Å². The number of anilines is 2. The van der Waals surface area contributed by atoms with Crippen LogP contribution in [0.1, 0.15) is 6.42 Å². The standard InChI is InChI=1S/C22H20ClFN4O3/c1-3-21(29)28-7-6-14(11-28)31-20-9-15-18(10-19(20)30-2)25-12-26-22(15)27-13-4-5-17(24)16(23)8-13/h3-5,8-10,12,14H,1,6-7,11H2,2H3,(H,25,26,27)/t14-/m0/s1. The minimum Gasteiger partial charge on any atom is -0.493 e. The predicted molar refractivity (Wildman–Crippen MR) is 117 cm³/mol. The van der Waals surface area contributed by atoms with Crippen LogP contribution in [0, 0.1) is 5.82 Å². The van der Waals surface area contributed by atoms with Crippen LogP contribution >= 0.6 is 11.6 Å². The van der Waals surface area contributed by atoms with Crippen molar-refractivity contribution in [3.63, 3.8) is 0 Å². The summed E-state index contributed by atoms with van der Waals surface area (Å²) in [6.45, 7) is 4.60. The van der Waals surface area contributed by atoms with Gasteiger partial charge in [0.05, 0.1) is 24.2 Å². The van der Waals surface area contributed by atoms with Crippen LogP contribution in [0.5, 0.6) is 11.5 Å². The van der Waals surface area contributed by atoms with Gasteiger partial charge >= 0.3 is 0 Å². The number of carbonyl (C=O) groups is 1. The number of aromatic nitrogens is 2. The van der Waals surface area contributed by atoms with Crippen molar-refractivity contribution in [2.75, 3.05) is 25.5 Å². The first kappa shape index (κ1) is 20.9. The molecule has 1 amide bonds. The zero-order valence-electron chi connectivity index (χ0n) is 16.8. The highest BCUT2D eigenvalue weighted by Gasteiger charge is 2.27. The summed E-state index contributed by atoms with van der Waals surface area (Å²) in [5.41, 5.74) is 1.23. The molecule has 7 nitrogen and oxygen atoms in total. The van der Waals surface area contributed by atoms with E-state index in [1.807, 2.05) is 0 Å². The summed E-state index contributed by atoms with van der Waals surface area (Å²) in [6, 6.07) is 7.88. The van der Waals surface area contributed by atoms with Crippen molar-refractivity contribution in [1.82, 2.24) is 14.9 Å². The maximum absolute atomic E-state index is 13.5. The van der Waals surface area contributed by atoms with Gasteiger partial charge in [-0.15, -0.1) is 0 Å². The maximum atomic E-state index is 13.5. The molecule has 4 rings (SSSR count). The fourth-order valence-electron chi connectivity index (χ4n) is 3.46. The van der Waals surface area contributed by atoms with E-state index in [4.69, 9.17) is 21.1 Å². The SMILES string of the molecule is C=CC(=O)N1CC[C@H](Oc2cc3c(Nc4ccc(F)c(Cl)c4)ncnc3cc2OC)C1. The first-order chi connectivity index (χ1) is 15.0. The summed E-state index contributed by atoms with van der Waals surface area (Å²) in [5, 5.41) is 3.84. The molecule has 2 heterocycles. The summed E-state index contributed by atoms with van der Waals surface area (Å²) < 4.78 is 25.1. The van der Waals surface area contributed by atoms with Gasteiger partial charge in [-0.05, 0) is 30.3 Å². The molecule has 0 spiro atoms. The van der Waals surface area contributed by atoms with Gasteiger partial charge in [0, 0.05) is 30.1 Å². The summed E-state index contributed by atoms with van der Waals surface area (Å²) >= 11 is 5.88. The summed E-state index contributed by atoms with van der Waals surface area (Å²) in [5.74, 6) is 0.934. The fraction of sp³-hybridized carbons (Fsp3) is 0.227. The smallest absolute Gasteiger partial charge is 0.246 e. The van der Waals surface area contributed by atoms with Crippen molar-refractivity contribution in [3.05, 3.63) is 60.2 Å². The number of hydrogen-bond acceptors (Lipinski definition) is 6. The Balaban J connectivity index is 1.64. The first-order valence-corrected chi connectivity index (χ1v) is 9.99. The summed E-state index contributed by atoms with van der Waals surface area (Å²) in [7, 11) is 1.55. The highest BCUT2D eigenvalue weighted by molar-refractivity contribution is 6.31. The molecular formula is C22H20ClFN4O3. The van der Waals surface area contributed by atoms with Gasteiger partial charge in [-0.3, -0.25) is 4.79 Å². The van der Waals surface area contributed by atoms with Crippen molar-refractivity contribution in [3.8, 4) is 11.5 Å². The minimum atomic E-state index is -0.499. The maximum Gasteiger partial charge on any atom is 0.246 e. The number of nitrogens with one attached hydrogen (secondary N) is 1. The molecule has 1 N–H and O–H groups in total. The van der Waals surface area contributed by atoms with Crippen LogP contribution in [0.15, 0.2) is 49.3 Å². The van der Waals surface area contributed by atoms with E-state index in [0.717, 1.165) is 0 Å². The largest absolute Gasteiger partial charge is 0.493 e. The molecule has 0 unspecified atom stereocenters. The van der Waals surface area contributed by atoms with Gasteiger partial charge in [-0.2, -0.15) is 0 Å². The van der Waals surface area contributed by atoms with Crippen LogP contribution in [-0.2, 0) is 4.79 Å². The Kier molecular flexibility index (Phi) is 5.90. The number of nitrogens with zero attached hydrogens (tertiary/aromatic N) is 3. The van der Waals surface area contributed by atoms with Gasteiger partial charge in [0.25, 0.3) is 0 Å². The van der Waals surface area contributed by atoms with Gasteiger partial charge in [0.1, 0.15) is 24.1 Å². The molecule has 0 saturated carbocycles. The highest BCUT2D eigenvalue weighted by Crippen LogP contribution is 2.36. The highest BCUT2D eigenvalue weighted by atomic mass is 35.5. The van der Waals surface area contributed by atoms with Gasteiger partial charge < -0.3 is 19.7 Å². The zero-order chi connectivity index (χ0) is 22.0. The van der Waals surface area contributed by atoms with Crippen LogP contribution in [0.25, 0.3) is 10.9 Å². The van der Waals surface area contributed by atoms with Crippen LogP contribution < -0.4 is 14.8 Å². The van der Waals surface area contributed by atoms with Crippen LogP contribution in [-0.4, -0.2) is 47.1 Å². The molecule has 0 bridgehead atoms. The Morgan fingerprint density at radius 1 is 1.32 bits per heavy atom. The number of fused-ring (bicyclic) bond motifs is 1. The number of carbonyl (C=O) groups excluding carboxylic acids is 1. The number of halogens is 2. The van der Waals surface area contributed by atoms with E-state index in [1.165, 1.54) is 24.5 Å². The van der Waals surface area contributed by atoms with Crippen LogP contribution in [0.3, 0.4) is 0 Å². The Bertz CT molecular complexity index is 1160. The Morgan fingerprint density at radius 2 is 2.16 bits per heavy atom. The van der Waals surface area contributed by atoms with Gasteiger partial charge in [-0.25, -0.2) is 14.4 Å². The van der Waals surface area contributed by atoms with Crippen molar-refractivity contribution in [1.29, 1.82) is 0 Å². The Hall–Kier alpha value is -3.39. The number of hydrogen-bond donors (Lipinski definition) is 1. The molecule has 1 atom stereocenters. The predicted octanol–water partition coefficient (Wildman–Crippen LogP) is 4.34. The van der Waals surface area contributed by atoms with E-state index < -0.39 is 5.82 Å². The molecule has 9 heteroatoms. The lowest BCUT2D eigenvalue weighted by atomic mass is 10.2. The lowest BCUT2D eigenvalue weighted by molar-refractivity contribution is -0.125. The molecular weight excluding hydrogens is 423 g/mol. The molecule has 2 aromatic carbocycles. The van der Waals surface area contributed by atoms with E-state index in [0.29, 0.717) is 53.4 Å². The number of likely N-dealkylation sites (tertiary alicyclic amines) is 1. The minimum absolute atomic E-state index is 0.00825. The molecule has 1 saturated heterocycles. The lowest BCUT2D eigenvalue weighted by Crippen LogP contribution is -2.29. The lowest BCUT2D eigenvalue weighted by Gasteiger charge is -2.18. The third-order valence-corrected chi connectivity index (χ3v) is 5.32. The van der Waals surface area contributed by atoms with Gasteiger partial charge in [0.2, 0.25) is 5.91 Å². The fourth-order valence-corrected chi connectivity index (χ4v) is 3.64. The summed E-state index contributed by atoms with van der Waals surface area (Å²) in [4.78, 5) is 22.2. The van der Waals surface area contributed by atoms with E-state index in [-0.39, 0.29) is 17.0 Å². The third-order valence-electron chi connectivity index (χ3n) is 5.03. The second-order valence-corrected chi connectivity index (χ2v) is 7.42. The number of rotatable bonds is 6. The van der Waals surface area contributed by atoms with Crippen LogP contribution in [0.2, 0.25) is 5.02 Å². The van der Waals surface area contributed by atoms with Gasteiger partial charge in [0.15, 0.2) is 11.5 Å². The number of amides is 1. The third kappa shape index (κ3) is 4.39. The van der Waals surface area contributed by atoms with Crippen LogP contribution in [0.4, 0.5) is 15.9 Å². The van der Waals surface area contributed by atoms with E-state index in [9.17, 15) is 9.18 Å². The molecule has 1 aliphatic rings. The van der Waals surface area contributed by atoms with E-state index in [2.05, 4.69) is 21.9 Å². The molecule has 3 aromatic rings. The molecule has 1 aromatic heterocycles. The van der Waals surface area contributed by atoms with Crippen molar-refractivity contribution in [2.45, 2.75) is 12.5 Å². The molecule has 0 aliphatic carbocycles. The molecule has 160 valence electrons. The average Bonchev–Trinajstić information content (AvgIpc) is 3.24. The second-order valence-electron chi connectivity index (χ2n) is 7.01. The molecule has 31 heavy (non-hydrogen) atoms. The van der Waals surface area contributed by atoms with Crippen molar-refractivity contribution in [2.24, 2.45) is 0 Å². The monoisotopic (exact) mass is 442 g/mol. The number of benzene rings is 2. The zero-order valence-corrected chi connectivity index (χ0v) is 17.5. The van der Waals surface area contributed by atoms with Crippen molar-refractivity contribution < 1.29 is 18.7 Å². The van der Waals surface area contributed by atoms with E-state index >= 15 is 0 Å². The normalized spacial score (nSPS) is 15.7. The molecule has 1 aliphatic heterocycles. The number of methoxy groups -OCH3 is 1.